The average Bonchev–Trinajstić information content (AvgIpc) is 3.34. The number of rotatable bonds is 5. The lowest BCUT2D eigenvalue weighted by Crippen LogP contribution is -2.32. The molecule has 1 saturated heterocycles. The van der Waals surface area contributed by atoms with E-state index in [-0.39, 0.29) is 11.6 Å². The first-order valence-corrected chi connectivity index (χ1v) is 10.0. The highest BCUT2D eigenvalue weighted by molar-refractivity contribution is 7.13. The van der Waals surface area contributed by atoms with Gasteiger partial charge in [-0.1, -0.05) is 30.3 Å². The van der Waals surface area contributed by atoms with E-state index in [0.717, 1.165) is 36.9 Å². The third kappa shape index (κ3) is 4.40. The maximum Gasteiger partial charge on any atom is 0.279 e. The number of hydrogen-bond donors (Lipinski definition) is 1. The zero-order valence-corrected chi connectivity index (χ0v) is 16.0. The molecule has 1 aromatic carbocycles. The van der Waals surface area contributed by atoms with Gasteiger partial charge in [0.25, 0.3) is 5.91 Å². The van der Waals surface area contributed by atoms with Gasteiger partial charge < -0.3 is 0 Å². The molecule has 1 N–H and O–H groups in total. The SMILES string of the molecule is CC1CCN(Cc2csc(NC(=O)c3cn(-c4ccccc4)nn3)n2)CC1. The van der Waals surface area contributed by atoms with Crippen LogP contribution in [0.15, 0.2) is 41.9 Å². The van der Waals surface area contributed by atoms with E-state index >= 15 is 0 Å². The van der Waals surface area contributed by atoms with Crippen molar-refractivity contribution in [1.29, 1.82) is 0 Å². The topological polar surface area (TPSA) is 75.9 Å². The van der Waals surface area contributed by atoms with Crippen LogP contribution in [0.5, 0.6) is 0 Å². The Bertz CT molecular complexity index is 898. The van der Waals surface area contributed by atoms with Gasteiger partial charge in [-0.05, 0) is 44.0 Å². The standard InChI is InChI=1S/C19H22N6OS/c1-14-7-9-24(10-8-14)11-15-13-27-19(20-15)21-18(26)17-12-25(23-22-17)16-5-3-2-4-6-16/h2-6,12-14H,7-11H2,1H3,(H,20,21,26). The number of hydrogen-bond acceptors (Lipinski definition) is 6. The van der Waals surface area contributed by atoms with Gasteiger partial charge in [0.05, 0.1) is 17.6 Å². The molecule has 140 valence electrons. The molecule has 0 bridgehead atoms. The second kappa shape index (κ2) is 7.98. The summed E-state index contributed by atoms with van der Waals surface area (Å²) >= 11 is 1.44. The number of carbonyl (C=O) groups is 1. The van der Waals surface area contributed by atoms with E-state index < -0.39 is 0 Å². The quantitative estimate of drug-likeness (QED) is 0.733. The normalized spacial score (nSPS) is 15.7. The number of thiazole rings is 1. The van der Waals surface area contributed by atoms with Crippen molar-refractivity contribution < 1.29 is 4.79 Å². The molecule has 0 saturated carbocycles. The maximum absolute atomic E-state index is 12.4. The second-order valence-corrected chi connectivity index (χ2v) is 7.80. The monoisotopic (exact) mass is 382 g/mol. The summed E-state index contributed by atoms with van der Waals surface area (Å²) < 4.78 is 1.58. The van der Waals surface area contributed by atoms with Crippen LogP contribution in [0.3, 0.4) is 0 Å². The number of para-hydroxylation sites is 1. The van der Waals surface area contributed by atoms with E-state index in [1.807, 2.05) is 35.7 Å². The molecule has 1 aliphatic heterocycles. The lowest BCUT2D eigenvalue weighted by Gasteiger charge is -2.29. The van der Waals surface area contributed by atoms with E-state index in [1.54, 1.807) is 10.9 Å². The maximum atomic E-state index is 12.4. The smallest absolute Gasteiger partial charge is 0.279 e. The summed E-state index contributed by atoms with van der Waals surface area (Å²) in [5.74, 6) is 0.515. The summed E-state index contributed by atoms with van der Waals surface area (Å²) in [4.78, 5) is 19.4. The van der Waals surface area contributed by atoms with Crippen molar-refractivity contribution >= 4 is 22.4 Å². The van der Waals surface area contributed by atoms with Crippen molar-refractivity contribution in [2.24, 2.45) is 5.92 Å². The largest absolute Gasteiger partial charge is 0.297 e. The number of likely N-dealkylation sites (tertiary alicyclic amines) is 1. The van der Waals surface area contributed by atoms with Gasteiger partial charge in [0.2, 0.25) is 0 Å². The van der Waals surface area contributed by atoms with Crippen LogP contribution in [0.2, 0.25) is 0 Å². The zero-order valence-electron chi connectivity index (χ0n) is 15.2. The van der Waals surface area contributed by atoms with Crippen LogP contribution in [0, 0.1) is 5.92 Å². The predicted molar refractivity (Wildman–Crippen MR) is 105 cm³/mol. The van der Waals surface area contributed by atoms with E-state index in [4.69, 9.17) is 0 Å². The van der Waals surface area contributed by atoms with Crippen LogP contribution in [0.25, 0.3) is 5.69 Å². The van der Waals surface area contributed by atoms with Crippen molar-refractivity contribution in [2.75, 3.05) is 18.4 Å². The molecule has 7 nitrogen and oxygen atoms in total. The van der Waals surface area contributed by atoms with Gasteiger partial charge >= 0.3 is 0 Å². The van der Waals surface area contributed by atoms with Crippen molar-refractivity contribution in [3.63, 3.8) is 0 Å². The summed E-state index contributed by atoms with van der Waals surface area (Å²) in [5.41, 5.74) is 2.12. The first kappa shape index (κ1) is 17.8. The molecule has 0 aliphatic carbocycles. The van der Waals surface area contributed by atoms with Crippen LogP contribution in [-0.2, 0) is 6.54 Å². The van der Waals surface area contributed by atoms with E-state index in [2.05, 4.69) is 32.4 Å². The Morgan fingerprint density at radius 1 is 1.26 bits per heavy atom. The van der Waals surface area contributed by atoms with Gasteiger partial charge in [-0.2, -0.15) is 0 Å². The van der Waals surface area contributed by atoms with Crippen molar-refractivity contribution in [3.05, 3.63) is 53.3 Å². The Hall–Kier alpha value is -2.58. The fourth-order valence-electron chi connectivity index (χ4n) is 3.12. The highest BCUT2D eigenvalue weighted by atomic mass is 32.1. The highest BCUT2D eigenvalue weighted by Gasteiger charge is 2.18. The van der Waals surface area contributed by atoms with Crippen molar-refractivity contribution in [1.82, 2.24) is 24.9 Å². The van der Waals surface area contributed by atoms with Gasteiger partial charge in [0.15, 0.2) is 10.8 Å². The number of nitrogens with zero attached hydrogens (tertiary/aromatic N) is 5. The Labute approximate surface area is 162 Å². The fourth-order valence-corrected chi connectivity index (χ4v) is 3.82. The summed E-state index contributed by atoms with van der Waals surface area (Å²) in [6, 6.07) is 9.57. The van der Waals surface area contributed by atoms with Crippen molar-refractivity contribution in [3.8, 4) is 5.69 Å². The molecule has 3 heterocycles. The van der Waals surface area contributed by atoms with Gasteiger partial charge in [0, 0.05) is 11.9 Å². The zero-order chi connectivity index (χ0) is 18.6. The first-order chi connectivity index (χ1) is 13.2. The van der Waals surface area contributed by atoms with Crippen LogP contribution >= 0.6 is 11.3 Å². The summed E-state index contributed by atoms with van der Waals surface area (Å²) in [6.07, 6.45) is 4.10. The number of carbonyl (C=O) groups excluding carboxylic acids is 1. The molecule has 3 aromatic rings. The molecular formula is C19H22N6OS. The summed E-state index contributed by atoms with van der Waals surface area (Å²) in [6.45, 7) is 5.37. The fraction of sp³-hybridized carbons (Fsp3) is 0.368. The van der Waals surface area contributed by atoms with Crippen LogP contribution < -0.4 is 5.32 Å². The van der Waals surface area contributed by atoms with E-state index in [0.29, 0.717) is 5.13 Å². The highest BCUT2D eigenvalue weighted by Crippen LogP contribution is 2.21. The Kier molecular flexibility index (Phi) is 5.26. The molecule has 1 aliphatic rings. The van der Waals surface area contributed by atoms with Crippen molar-refractivity contribution in [2.45, 2.75) is 26.3 Å². The third-order valence-corrected chi connectivity index (χ3v) is 5.59. The van der Waals surface area contributed by atoms with Crippen LogP contribution in [-0.4, -0.2) is 43.9 Å². The lowest BCUT2D eigenvalue weighted by molar-refractivity contribution is 0.102. The molecule has 4 rings (SSSR count). The number of piperidine rings is 1. The van der Waals surface area contributed by atoms with E-state index in [1.165, 1.54) is 24.2 Å². The molecule has 0 unspecified atom stereocenters. The second-order valence-electron chi connectivity index (χ2n) is 6.94. The minimum atomic E-state index is -0.301. The minimum absolute atomic E-state index is 0.264. The number of amides is 1. The summed E-state index contributed by atoms with van der Waals surface area (Å²) in [5, 5.41) is 13.4. The summed E-state index contributed by atoms with van der Waals surface area (Å²) in [7, 11) is 0. The number of anilines is 1. The van der Waals surface area contributed by atoms with Gasteiger partial charge in [0.1, 0.15) is 0 Å². The Morgan fingerprint density at radius 3 is 2.81 bits per heavy atom. The number of aromatic nitrogens is 4. The molecule has 2 aromatic heterocycles. The van der Waals surface area contributed by atoms with E-state index in [9.17, 15) is 4.79 Å². The molecule has 27 heavy (non-hydrogen) atoms. The van der Waals surface area contributed by atoms with Crippen LogP contribution in [0.4, 0.5) is 5.13 Å². The average molecular weight is 382 g/mol. The Morgan fingerprint density at radius 2 is 2.04 bits per heavy atom. The molecule has 8 heteroatoms. The number of benzene rings is 1. The first-order valence-electron chi connectivity index (χ1n) is 9.13. The third-order valence-electron chi connectivity index (χ3n) is 4.78. The van der Waals surface area contributed by atoms with Gasteiger partial charge in [-0.25, -0.2) is 9.67 Å². The Balaban J connectivity index is 1.36. The van der Waals surface area contributed by atoms with Gasteiger partial charge in [-0.15, -0.1) is 16.4 Å². The number of nitrogens with one attached hydrogen (secondary N) is 1. The minimum Gasteiger partial charge on any atom is -0.297 e. The molecule has 0 spiro atoms. The molecular weight excluding hydrogens is 360 g/mol. The molecule has 1 fully saturated rings. The molecule has 1 amide bonds. The predicted octanol–water partition coefficient (Wildman–Crippen LogP) is 3.21. The van der Waals surface area contributed by atoms with Gasteiger partial charge in [-0.3, -0.25) is 15.0 Å². The van der Waals surface area contributed by atoms with Crippen LogP contribution in [0.1, 0.15) is 35.9 Å². The molecule has 0 radical (unpaired) electrons. The lowest BCUT2D eigenvalue weighted by atomic mass is 9.99. The molecule has 0 atom stereocenters.